The maximum absolute atomic E-state index is 12.2. The fourth-order valence-electron chi connectivity index (χ4n) is 1.88. The summed E-state index contributed by atoms with van der Waals surface area (Å²) < 4.78 is 0.828. The fourth-order valence-corrected chi connectivity index (χ4v) is 2.51. The number of rotatable bonds is 4. The second-order valence-electron chi connectivity index (χ2n) is 5.24. The summed E-state index contributed by atoms with van der Waals surface area (Å²) in [6.07, 6.45) is 0.344. The van der Waals surface area contributed by atoms with Crippen LogP contribution >= 0.6 is 34.2 Å². The Morgan fingerprint density at radius 3 is 2.35 bits per heavy atom. The van der Waals surface area contributed by atoms with Crippen molar-refractivity contribution in [2.45, 2.75) is 6.42 Å². The van der Waals surface area contributed by atoms with Gasteiger partial charge in [0.2, 0.25) is 5.91 Å². The average Bonchev–Trinajstić information content (AvgIpc) is 2.51. The van der Waals surface area contributed by atoms with Gasteiger partial charge in [-0.2, -0.15) is 0 Å². The lowest BCUT2D eigenvalue weighted by molar-refractivity contribution is -0.127. The number of anilines is 1. The highest BCUT2D eigenvalue weighted by Gasteiger charge is 2.09. The van der Waals surface area contributed by atoms with Gasteiger partial charge in [0.15, 0.2) is 0 Å². The van der Waals surface area contributed by atoms with Crippen LogP contribution in [-0.4, -0.2) is 30.8 Å². The van der Waals surface area contributed by atoms with E-state index in [0.29, 0.717) is 22.7 Å². The van der Waals surface area contributed by atoms with Crippen LogP contribution in [0.3, 0.4) is 0 Å². The van der Waals surface area contributed by atoms with Gasteiger partial charge in [-0.05, 0) is 58.5 Å². The topological polar surface area (TPSA) is 49.4 Å². The lowest BCUT2D eigenvalue weighted by Gasteiger charge is -2.11. The van der Waals surface area contributed by atoms with Crippen LogP contribution in [0.2, 0.25) is 5.02 Å². The van der Waals surface area contributed by atoms with Crippen LogP contribution in [0.1, 0.15) is 15.9 Å². The molecule has 0 heterocycles. The number of hydrogen-bond acceptors (Lipinski definition) is 2. The van der Waals surface area contributed by atoms with Crippen LogP contribution in [0, 0.1) is 3.57 Å². The molecule has 0 bridgehead atoms. The monoisotopic (exact) mass is 442 g/mol. The molecule has 120 valence electrons. The van der Waals surface area contributed by atoms with E-state index >= 15 is 0 Å². The highest BCUT2D eigenvalue weighted by atomic mass is 127. The van der Waals surface area contributed by atoms with Crippen molar-refractivity contribution in [1.82, 2.24) is 4.90 Å². The van der Waals surface area contributed by atoms with Gasteiger partial charge in [-0.25, -0.2) is 0 Å². The Kier molecular flexibility index (Phi) is 6.01. The number of amides is 2. The number of halogens is 2. The minimum absolute atomic E-state index is 0.0394. The van der Waals surface area contributed by atoms with E-state index in [1.54, 1.807) is 49.3 Å². The molecule has 0 atom stereocenters. The third-order valence-corrected chi connectivity index (χ3v) is 4.79. The number of nitrogens with one attached hydrogen (secondary N) is 1. The normalized spacial score (nSPS) is 10.3. The molecule has 0 spiro atoms. The molecule has 0 unspecified atom stereocenters. The van der Waals surface area contributed by atoms with Gasteiger partial charge >= 0.3 is 0 Å². The number of hydrogen-bond donors (Lipinski definition) is 1. The van der Waals surface area contributed by atoms with Crippen LogP contribution in [-0.2, 0) is 11.2 Å². The van der Waals surface area contributed by atoms with Crippen molar-refractivity contribution in [2.75, 3.05) is 19.4 Å². The summed E-state index contributed by atoms with van der Waals surface area (Å²) in [5.74, 6) is -0.158. The van der Waals surface area contributed by atoms with Crippen molar-refractivity contribution in [2.24, 2.45) is 0 Å². The average molecular weight is 443 g/mol. The summed E-state index contributed by atoms with van der Waals surface area (Å²) in [5, 5.41) is 3.45. The Balaban J connectivity index is 2.04. The maximum atomic E-state index is 12.2. The quantitative estimate of drug-likeness (QED) is 0.732. The molecule has 0 saturated carbocycles. The molecule has 0 aliphatic rings. The van der Waals surface area contributed by atoms with Gasteiger partial charge < -0.3 is 10.2 Å². The summed E-state index contributed by atoms with van der Waals surface area (Å²) in [4.78, 5) is 25.4. The first-order valence-corrected chi connectivity index (χ1v) is 8.38. The van der Waals surface area contributed by atoms with Gasteiger partial charge in [-0.1, -0.05) is 23.7 Å². The van der Waals surface area contributed by atoms with Crippen LogP contribution in [0.5, 0.6) is 0 Å². The predicted octanol–water partition coefficient (Wildman–Crippen LogP) is 3.83. The predicted molar refractivity (Wildman–Crippen MR) is 101 cm³/mol. The Labute approximate surface area is 154 Å². The Bertz CT molecular complexity index is 730. The maximum Gasteiger partial charge on any atom is 0.255 e. The van der Waals surface area contributed by atoms with E-state index in [2.05, 4.69) is 27.9 Å². The molecule has 0 saturated heterocycles. The van der Waals surface area contributed by atoms with Crippen LogP contribution in [0.15, 0.2) is 42.5 Å². The molecule has 0 aliphatic carbocycles. The lowest BCUT2D eigenvalue weighted by Crippen LogP contribution is -2.23. The third-order valence-electron chi connectivity index (χ3n) is 3.25. The zero-order valence-electron chi connectivity index (χ0n) is 12.8. The SMILES string of the molecule is CN(C)C(=O)Cc1ccc(NC(=O)c2ccc(Cl)c(I)c2)cc1. The smallest absolute Gasteiger partial charge is 0.255 e. The van der Waals surface area contributed by atoms with Gasteiger partial charge in [0.1, 0.15) is 0 Å². The summed E-state index contributed by atoms with van der Waals surface area (Å²) >= 11 is 8.04. The number of carbonyl (C=O) groups is 2. The first-order valence-electron chi connectivity index (χ1n) is 6.92. The molecule has 2 amide bonds. The van der Waals surface area contributed by atoms with E-state index in [1.165, 1.54) is 0 Å². The van der Waals surface area contributed by atoms with Gasteiger partial charge in [-0.15, -0.1) is 0 Å². The summed E-state index contributed by atoms with van der Waals surface area (Å²) in [5.41, 5.74) is 2.13. The van der Waals surface area contributed by atoms with Crippen LogP contribution in [0.25, 0.3) is 0 Å². The van der Waals surface area contributed by atoms with Gasteiger partial charge in [-0.3, -0.25) is 9.59 Å². The van der Waals surface area contributed by atoms with E-state index in [-0.39, 0.29) is 11.8 Å². The Hall–Kier alpha value is -1.60. The number of nitrogens with zero attached hydrogens (tertiary/aromatic N) is 1. The molecule has 1 N–H and O–H groups in total. The molecular weight excluding hydrogens is 427 g/mol. The van der Waals surface area contributed by atoms with E-state index in [0.717, 1.165) is 9.13 Å². The molecule has 4 nitrogen and oxygen atoms in total. The molecule has 0 fully saturated rings. The molecule has 0 radical (unpaired) electrons. The highest BCUT2D eigenvalue weighted by Crippen LogP contribution is 2.20. The molecule has 6 heteroatoms. The second kappa shape index (κ2) is 7.79. The van der Waals surface area contributed by atoms with Crippen LogP contribution in [0.4, 0.5) is 5.69 Å². The van der Waals surface area contributed by atoms with Gasteiger partial charge in [0, 0.05) is 28.9 Å². The molecule has 2 aromatic carbocycles. The minimum atomic E-state index is -0.197. The first-order chi connectivity index (χ1) is 10.9. The number of likely N-dealkylation sites (N-methyl/N-ethyl adjacent to an activating group) is 1. The zero-order valence-corrected chi connectivity index (χ0v) is 15.7. The second-order valence-corrected chi connectivity index (χ2v) is 6.81. The standard InChI is InChI=1S/C17H16ClIN2O2/c1-21(2)16(22)9-11-3-6-13(7-4-11)20-17(23)12-5-8-14(18)15(19)10-12/h3-8,10H,9H2,1-2H3,(H,20,23). The molecule has 0 aromatic heterocycles. The molecule has 2 aromatic rings. The van der Waals surface area contributed by atoms with Crippen LogP contribution < -0.4 is 5.32 Å². The Morgan fingerprint density at radius 2 is 1.78 bits per heavy atom. The number of carbonyl (C=O) groups excluding carboxylic acids is 2. The summed E-state index contributed by atoms with van der Waals surface area (Å²) in [7, 11) is 3.45. The molecular formula is C17H16ClIN2O2. The minimum Gasteiger partial charge on any atom is -0.349 e. The molecule has 0 aliphatic heterocycles. The van der Waals surface area contributed by atoms with E-state index < -0.39 is 0 Å². The van der Waals surface area contributed by atoms with Crippen molar-refractivity contribution in [1.29, 1.82) is 0 Å². The van der Waals surface area contributed by atoms with Crippen molar-refractivity contribution < 1.29 is 9.59 Å². The Morgan fingerprint density at radius 1 is 1.13 bits per heavy atom. The molecule has 2 rings (SSSR count). The van der Waals surface area contributed by atoms with Gasteiger partial charge in [0.25, 0.3) is 5.91 Å². The molecule has 23 heavy (non-hydrogen) atoms. The van der Waals surface area contributed by atoms with Crippen molar-refractivity contribution in [3.8, 4) is 0 Å². The highest BCUT2D eigenvalue weighted by molar-refractivity contribution is 14.1. The van der Waals surface area contributed by atoms with E-state index in [9.17, 15) is 9.59 Å². The van der Waals surface area contributed by atoms with E-state index in [4.69, 9.17) is 11.6 Å². The van der Waals surface area contributed by atoms with Crippen molar-refractivity contribution >= 4 is 51.7 Å². The van der Waals surface area contributed by atoms with E-state index in [1.807, 2.05) is 12.1 Å². The third kappa shape index (κ3) is 4.94. The van der Waals surface area contributed by atoms with Crippen molar-refractivity contribution in [3.63, 3.8) is 0 Å². The summed E-state index contributed by atoms with van der Waals surface area (Å²) in [6, 6.07) is 12.4. The largest absolute Gasteiger partial charge is 0.349 e. The first kappa shape index (κ1) is 17.7. The summed E-state index contributed by atoms with van der Waals surface area (Å²) in [6.45, 7) is 0. The number of benzene rings is 2. The fraction of sp³-hybridized carbons (Fsp3) is 0.176. The lowest BCUT2D eigenvalue weighted by atomic mass is 10.1. The zero-order chi connectivity index (χ0) is 17.0. The van der Waals surface area contributed by atoms with Gasteiger partial charge in [0.05, 0.1) is 11.4 Å². The van der Waals surface area contributed by atoms with Crippen molar-refractivity contribution in [3.05, 3.63) is 62.2 Å².